The summed E-state index contributed by atoms with van der Waals surface area (Å²) in [5.74, 6) is 1.26. The summed E-state index contributed by atoms with van der Waals surface area (Å²) in [6.07, 6.45) is 3.56. The van der Waals surface area contributed by atoms with Crippen molar-refractivity contribution < 1.29 is 4.74 Å². The summed E-state index contributed by atoms with van der Waals surface area (Å²) in [6.45, 7) is 15.2. The third-order valence-electron chi connectivity index (χ3n) is 4.82. The van der Waals surface area contributed by atoms with Gasteiger partial charge >= 0.3 is 0 Å². The van der Waals surface area contributed by atoms with Crippen LogP contribution in [0.15, 0.2) is 0 Å². The fourth-order valence-electron chi connectivity index (χ4n) is 3.44. The van der Waals surface area contributed by atoms with Gasteiger partial charge in [-0.2, -0.15) is 0 Å². The van der Waals surface area contributed by atoms with E-state index in [9.17, 15) is 0 Å². The minimum absolute atomic E-state index is 0.0808. The minimum atomic E-state index is 0.0808. The Hall–Kier alpha value is -0.120. The number of nitrogens with zero attached hydrogens (tertiary/aromatic N) is 1. The van der Waals surface area contributed by atoms with Gasteiger partial charge in [-0.1, -0.05) is 27.7 Å². The van der Waals surface area contributed by atoms with Gasteiger partial charge in [0.25, 0.3) is 0 Å². The lowest BCUT2D eigenvalue weighted by atomic mass is 9.81. The lowest BCUT2D eigenvalue weighted by molar-refractivity contribution is -0.00120. The van der Waals surface area contributed by atoms with E-state index in [4.69, 9.17) is 10.5 Å². The summed E-state index contributed by atoms with van der Waals surface area (Å²) >= 11 is 0. The first-order valence-corrected chi connectivity index (χ1v) is 8.04. The molecule has 0 aromatic carbocycles. The molecule has 0 saturated carbocycles. The molecule has 1 aliphatic heterocycles. The van der Waals surface area contributed by atoms with Crippen LogP contribution in [0.5, 0.6) is 0 Å². The van der Waals surface area contributed by atoms with E-state index in [0.29, 0.717) is 17.9 Å². The van der Waals surface area contributed by atoms with E-state index in [1.165, 1.54) is 12.8 Å². The molecule has 114 valence electrons. The molecule has 1 fully saturated rings. The van der Waals surface area contributed by atoms with Crippen LogP contribution in [0.4, 0.5) is 0 Å². The summed E-state index contributed by atoms with van der Waals surface area (Å²) in [4.78, 5) is 2.69. The Labute approximate surface area is 119 Å². The molecule has 2 unspecified atom stereocenters. The normalized spacial score (nSPS) is 23.5. The Balaban J connectivity index is 2.95. The van der Waals surface area contributed by atoms with E-state index in [1.54, 1.807) is 0 Å². The molecule has 0 bridgehead atoms. The lowest BCUT2D eigenvalue weighted by Gasteiger charge is -2.49. The zero-order valence-corrected chi connectivity index (χ0v) is 13.6. The van der Waals surface area contributed by atoms with Gasteiger partial charge in [0.2, 0.25) is 0 Å². The molecule has 1 rings (SSSR count). The SMILES string of the molecule is CCC(CC)N(CC(C)C)C(C)(CN)C1CCOC1. The molecule has 1 heterocycles. The molecule has 0 radical (unpaired) electrons. The maximum Gasteiger partial charge on any atom is 0.0513 e. The molecule has 2 N–H and O–H groups in total. The predicted octanol–water partition coefficient (Wildman–Crippen LogP) is 2.89. The van der Waals surface area contributed by atoms with Gasteiger partial charge in [-0.3, -0.25) is 4.90 Å². The van der Waals surface area contributed by atoms with Crippen LogP contribution in [0, 0.1) is 11.8 Å². The van der Waals surface area contributed by atoms with Gasteiger partial charge in [0.15, 0.2) is 0 Å². The minimum Gasteiger partial charge on any atom is -0.381 e. The van der Waals surface area contributed by atoms with E-state index in [2.05, 4.69) is 39.5 Å². The lowest BCUT2D eigenvalue weighted by Crippen LogP contribution is -2.61. The quantitative estimate of drug-likeness (QED) is 0.737. The highest BCUT2D eigenvalue weighted by Gasteiger charge is 2.42. The summed E-state index contributed by atoms with van der Waals surface area (Å²) < 4.78 is 5.63. The van der Waals surface area contributed by atoms with Crippen LogP contribution in [-0.4, -0.2) is 42.8 Å². The standard InChI is InChI=1S/C16H34N2O/c1-6-15(7-2)18(10-13(3)4)16(5,12-17)14-8-9-19-11-14/h13-15H,6-12,17H2,1-5H3. The molecule has 1 saturated heterocycles. The summed E-state index contributed by atoms with van der Waals surface area (Å²) in [6, 6.07) is 0.636. The van der Waals surface area contributed by atoms with Crippen LogP contribution in [-0.2, 0) is 4.74 Å². The summed E-state index contributed by atoms with van der Waals surface area (Å²) in [7, 11) is 0. The highest BCUT2D eigenvalue weighted by atomic mass is 16.5. The van der Waals surface area contributed by atoms with Crippen molar-refractivity contribution in [2.24, 2.45) is 17.6 Å². The second-order valence-corrected chi connectivity index (χ2v) is 6.64. The van der Waals surface area contributed by atoms with Gasteiger partial charge in [0, 0.05) is 37.2 Å². The van der Waals surface area contributed by atoms with Crippen LogP contribution in [0.3, 0.4) is 0 Å². The van der Waals surface area contributed by atoms with Crippen molar-refractivity contribution in [1.29, 1.82) is 0 Å². The number of nitrogens with two attached hydrogens (primary N) is 1. The average molecular weight is 270 g/mol. The average Bonchev–Trinajstić information content (AvgIpc) is 2.92. The molecule has 2 atom stereocenters. The molecule has 1 aliphatic rings. The van der Waals surface area contributed by atoms with Crippen molar-refractivity contribution in [2.45, 2.75) is 65.5 Å². The van der Waals surface area contributed by atoms with Crippen molar-refractivity contribution in [2.75, 3.05) is 26.3 Å². The number of hydrogen-bond donors (Lipinski definition) is 1. The first-order valence-electron chi connectivity index (χ1n) is 8.04. The molecule has 0 aromatic rings. The van der Waals surface area contributed by atoms with Gasteiger partial charge in [-0.25, -0.2) is 0 Å². The zero-order valence-electron chi connectivity index (χ0n) is 13.6. The van der Waals surface area contributed by atoms with E-state index in [1.807, 2.05) is 0 Å². The number of rotatable bonds is 8. The topological polar surface area (TPSA) is 38.5 Å². The first kappa shape index (κ1) is 16.9. The molecule has 0 spiro atoms. The Morgan fingerprint density at radius 3 is 2.32 bits per heavy atom. The molecule has 0 amide bonds. The molecule has 3 heteroatoms. The second kappa shape index (κ2) is 7.61. The van der Waals surface area contributed by atoms with Gasteiger partial charge in [-0.05, 0) is 32.1 Å². The van der Waals surface area contributed by atoms with Crippen LogP contribution >= 0.6 is 0 Å². The van der Waals surface area contributed by atoms with Crippen LogP contribution < -0.4 is 5.73 Å². The van der Waals surface area contributed by atoms with Crippen molar-refractivity contribution >= 4 is 0 Å². The zero-order chi connectivity index (χ0) is 14.5. The number of ether oxygens (including phenoxy) is 1. The maximum atomic E-state index is 6.21. The summed E-state index contributed by atoms with van der Waals surface area (Å²) in [5.41, 5.74) is 6.29. The highest BCUT2D eigenvalue weighted by molar-refractivity contribution is 4.97. The van der Waals surface area contributed by atoms with Gasteiger partial charge in [0.05, 0.1) is 6.61 Å². The summed E-state index contributed by atoms with van der Waals surface area (Å²) in [5, 5.41) is 0. The fourth-order valence-corrected chi connectivity index (χ4v) is 3.44. The predicted molar refractivity (Wildman–Crippen MR) is 82.3 cm³/mol. The Bertz CT molecular complexity index is 247. The monoisotopic (exact) mass is 270 g/mol. The van der Waals surface area contributed by atoms with E-state index >= 15 is 0 Å². The van der Waals surface area contributed by atoms with Crippen molar-refractivity contribution in [1.82, 2.24) is 4.90 Å². The molecule has 19 heavy (non-hydrogen) atoms. The Morgan fingerprint density at radius 1 is 1.32 bits per heavy atom. The first-order chi connectivity index (χ1) is 8.99. The molecule has 0 aromatic heterocycles. The maximum absolute atomic E-state index is 6.21. The molecular weight excluding hydrogens is 236 g/mol. The second-order valence-electron chi connectivity index (χ2n) is 6.64. The molecule has 3 nitrogen and oxygen atoms in total. The smallest absolute Gasteiger partial charge is 0.0513 e. The van der Waals surface area contributed by atoms with E-state index < -0.39 is 0 Å². The Kier molecular flexibility index (Phi) is 6.78. The third-order valence-corrected chi connectivity index (χ3v) is 4.82. The fraction of sp³-hybridized carbons (Fsp3) is 1.00. The van der Waals surface area contributed by atoms with Crippen LogP contribution in [0.1, 0.15) is 53.9 Å². The van der Waals surface area contributed by atoms with Gasteiger partial charge < -0.3 is 10.5 Å². The number of hydrogen-bond acceptors (Lipinski definition) is 3. The largest absolute Gasteiger partial charge is 0.381 e. The van der Waals surface area contributed by atoms with Gasteiger partial charge in [-0.15, -0.1) is 0 Å². The van der Waals surface area contributed by atoms with Crippen molar-refractivity contribution in [3.63, 3.8) is 0 Å². The Morgan fingerprint density at radius 2 is 1.95 bits per heavy atom. The van der Waals surface area contributed by atoms with Crippen LogP contribution in [0.2, 0.25) is 0 Å². The third kappa shape index (κ3) is 3.93. The molecule has 0 aliphatic carbocycles. The molecular formula is C16H34N2O. The van der Waals surface area contributed by atoms with Gasteiger partial charge in [0.1, 0.15) is 0 Å². The van der Waals surface area contributed by atoms with Crippen molar-refractivity contribution in [3.05, 3.63) is 0 Å². The van der Waals surface area contributed by atoms with Crippen molar-refractivity contribution in [3.8, 4) is 0 Å². The van der Waals surface area contributed by atoms with E-state index in [0.717, 1.165) is 32.7 Å². The van der Waals surface area contributed by atoms with E-state index in [-0.39, 0.29) is 5.54 Å². The van der Waals surface area contributed by atoms with Crippen LogP contribution in [0.25, 0.3) is 0 Å². The highest BCUT2D eigenvalue weighted by Crippen LogP contribution is 2.34.